The van der Waals surface area contributed by atoms with Crippen LogP contribution in [-0.4, -0.2) is 25.5 Å². The van der Waals surface area contributed by atoms with Crippen molar-refractivity contribution in [1.82, 2.24) is 4.72 Å². The SMILES string of the molecule is CCCC[C@H](NS(=O)(=O)c1cc(Br)sc1Br)C(=O)O. The van der Waals surface area contributed by atoms with Crippen LogP contribution in [0.2, 0.25) is 0 Å². The third-order valence-electron chi connectivity index (χ3n) is 2.36. The van der Waals surface area contributed by atoms with Crippen LogP contribution in [0.25, 0.3) is 0 Å². The highest BCUT2D eigenvalue weighted by Crippen LogP contribution is 2.34. The molecule has 0 unspecified atom stereocenters. The molecule has 108 valence electrons. The molecule has 0 amide bonds. The topological polar surface area (TPSA) is 83.5 Å². The van der Waals surface area contributed by atoms with Crippen LogP contribution in [0.15, 0.2) is 18.5 Å². The van der Waals surface area contributed by atoms with E-state index in [0.29, 0.717) is 14.0 Å². The Morgan fingerprint density at radius 2 is 2.16 bits per heavy atom. The summed E-state index contributed by atoms with van der Waals surface area (Å²) < 4.78 is 27.6. The Kier molecular flexibility index (Phi) is 6.44. The van der Waals surface area contributed by atoms with Crippen LogP contribution in [0, 0.1) is 0 Å². The molecule has 0 aliphatic rings. The summed E-state index contributed by atoms with van der Waals surface area (Å²) >= 11 is 7.56. The Labute approximate surface area is 132 Å². The van der Waals surface area contributed by atoms with Crippen molar-refractivity contribution in [2.45, 2.75) is 37.1 Å². The van der Waals surface area contributed by atoms with Crippen LogP contribution in [0.4, 0.5) is 0 Å². The van der Waals surface area contributed by atoms with Crippen molar-refractivity contribution >= 4 is 59.2 Å². The minimum absolute atomic E-state index is 0.0483. The van der Waals surface area contributed by atoms with E-state index in [1.54, 1.807) is 0 Å². The number of rotatable bonds is 7. The van der Waals surface area contributed by atoms with Gasteiger partial charge in [0.2, 0.25) is 10.0 Å². The second-order valence-electron chi connectivity index (χ2n) is 3.84. The van der Waals surface area contributed by atoms with E-state index in [0.717, 1.165) is 6.42 Å². The number of carbonyl (C=O) groups is 1. The van der Waals surface area contributed by atoms with Crippen molar-refractivity contribution in [3.8, 4) is 0 Å². The Hall–Kier alpha value is 0.0400. The Bertz CT molecular complexity index is 556. The maximum atomic E-state index is 12.1. The molecular weight excluding hydrogens is 422 g/mol. The normalized spacial score (nSPS) is 13.4. The second-order valence-corrected chi connectivity index (χ2v) is 9.27. The molecule has 5 nitrogen and oxygen atoms in total. The quantitative estimate of drug-likeness (QED) is 0.690. The Morgan fingerprint density at radius 1 is 1.53 bits per heavy atom. The zero-order chi connectivity index (χ0) is 14.6. The maximum absolute atomic E-state index is 12.1. The summed E-state index contributed by atoms with van der Waals surface area (Å²) in [5.41, 5.74) is 0. The molecule has 1 heterocycles. The molecule has 0 aliphatic heterocycles. The van der Waals surface area contributed by atoms with Gasteiger partial charge in [0.05, 0.1) is 7.57 Å². The van der Waals surface area contributed by atoms with Crippen molar-refractivity contribution in [3.63, 3.8) is 0 Å². The van der Waals surface area contributed by atoms with Crippen molar-refractivity contribution in [1.29, 1.82) is 0 Å². The Morgan fingerprint density at radius 3 is 2.58 bits per heavy atom. The van der Waals surface area contributed by atoms with Crippen molar-refractivity contribution < 1.29 is 18.3 Å². The zero-order valence-corrected chi connectivity index (χ0v) is 14.8. The van der Waals surface area contributed by atoms with Crippen LogP contribution < -0.4 is 4.72 Å². The number of hydrogen-bond acceptors (Lipinski definition) is 4. The molecule has 19 heavy (non-hydrogen) atoms. The van der Waals surface area contributed by atoms with Gasteiger partial charge in [0.15, 0.2) is 0 Å². The van der Waals surface area contributed by atoms with Gasteiger partial charge in [0, 0.05) is 0 Å². The first-order valence-corrected chi connectivity index (χ1v) is 9.36. The van der Waals surface area contributed by atoms with Crippen molar-refractivity contribution in [2.24, 2.45) is 0 Å². The van der Waals surface area contributed by atoms with E-state index in [9.17, 15) is 13.2 Å². The first-order valence-electron chi connectivity index (χ1n) is 5.48. The smallest absolute Gasteiger partial charge is 0.321 e. The molecule has 1 rings (SSSR count). The third kappa shape index (κ3) is 4.82. The second kappa shape index (κ2) is 7.16. The minimum Gasteiger partial charge on any atom is -0.480 e. The number of nitrogens with one attached hydrogen (secondary N) is 1. The summed E-state index contributed by atoms with van der Waals surface area (Å²) in [6, 6.07) is 0.339. The lowest BCUT2D eigenvalue weighted by Crippen LogP contribution is -2.40. The standard InChI is InChI=1S/C10H13Br2NO4S2/c1-2-3-4-6(10(14)15)13-19(16,17)7-5-8(11)18-9(7)12/h5-6,13H,2-4H2,1H3,(H,14,15)/t6-/m0/s1. The molecule has 0 aliphatic carbocycles. The van der Waals surface area contributed by atoms with Gasteiger partial charge in [-0.15, -0.1) is 11.3 Å². The van der Waals surface area contributed by atoms with Crippen molar-refractivity contribution in [3.05, 3.63) is 13.6 Å². The summed E-state index contributed by atoms with van der Waals surface area (Å²) in [7, 11) is -3.84. The molecule has 1 aromatic rings. The lowest BCUT2D eigenvalue weighted by molar-refractivity contribution is -0.139. The number of carboxylic acid groups (broad SMARTS) is 1. The molecule has 9 heteroatoms. The van der Waals surface area contributed by atoms with Crippen LogP contribution in [-0.2, 0) is 14.8 Å². The molecule has 1 aromatic heterocycles. The van der Waals surface area contributed by atoms with Gasteiger partial charge in [-0.05, 0) is 44.3 Å². The summed E-state index contributed by atoms with van der Waals surface area (Å²) in [4.78, 5) is 11.1. The minimum atomic E-state index is -3.84. The summed E-state index contributed by atoms with van der Waals surface area (Å²) in [5, 5.41) is 9.04. The van der Waals surface area contributed by atoms with Crippen LogP contribution in [0.3, 0.4) is 0 Å². The predicted octanol–water partition coefficient (Wildman–Crippen LogP) is 3.19. The van der Waals surface area contributed by atoms with Crippen molar-refractivity contribution in [2.75, 3.05) is 0 Å². The molecule has 0 bridgehead atoms. The number of carboxylic acids is 1. The summed E-state index contributed by atoms with van der Waals surface area (Å²) in [6.45, 7) is 1.92. The number of halogens is 2. The Balaban J connectivity index is 2.94. The monoisotopic (exact) mass is 433 g/mol. The molecular formula is C10H13Br2NO4S2. The lowest BCUT2D eigenvalue weighted by atomic mass is 10.1. The van der Waals surface area contributed by atoms with E-state index in [-0.39, 0.29) is 11.3 Å². The maximum Gasteiger partial charge on any atom is 0.321 e. The largest absolute Gasteiger partial charge is 0.480 e. The van der Waals surface area contributed by atoms with E-state index in [4.69, 9.17) is 5.11 Å². The van der Waals surface area contributed by atoms with Crippen LogP contribution in [0.1, 0.15) is 26.2 Å². The zero-order valence-electron chi connectivity index (χ0n) is 10.0. The molecule has 0 fully saturated rings. The van der Waals surface area contributed by atoms with Gasteiger partial charge in [-0.1, -0.05) is 19.8 Å². The van der Waals surface area contributed by atoms with Gasteiger partial charge in [-0.25, -0.2) is 8.42 Å². The van der Waals surface area contributed by atoms with Crippen LogP contribution >= 0.6 is 43.2 Å². The van der Waals surface area contributed by atoms with Gasteiger partial charge in [0.1, 0.15) is 10.9 Å². The average Bonchev–Trinajstić information content (AvgIpc) is 2.64. The first-order chi connectivity index (χ1) is 8.77. The summed E-state index contributed by atoms with van der Waals surface area (Å²) in [6.07, 6.45) is 1.72. The molecule has 2 N–H and O–H groups in total. The molecule has 0 spiro atoms. The van der Waals surface area contributed by atoms with Crippen LogP contribution in [0.5, 0.6) is 0 Å². The number of aliphatic carboxylic acids is 1. The molecule has 0 radical (unpaired) electrons. The predicted molar refractivity (Wildman–Crippen MR) is 81.0 cm³/mol. The molecule has 0 aromatic carbocycles. The van der Waals surface area contributed by atoms with Gasteiger partial charge in [-0.3, -0.25) is 4.79 Å². The number of unbranched alkanes of at least 4 members (excludes halogenated alkanes) is 1. The number of thiophene rings is 1. The molecule has 0 saturated carbocycles. The number of hydrogen-bond donors (Lipinski definition) is 2. The van der Waals surface area contributed by atoms with Gasteiger partial charge < -0.3 is 5.11 Å². The fourth-order valence-corrected chi connectivity index (χ4v) is 6.44. The highest BCUT2D eigenvalue weighted by molar-refractivity contribution is 9.12. The fourth-order valence-electron chi connectivity index (χ4n) is 1.40. The average molecular weight is 435 g/mol. The van der Waals surface area contributed by atoms with E-state index < -0.39 is 22.0 Å². The van der Waals surface area contributed by atoms with E-state index in [1.165, 1.54) is 17.4 Å². The third-order valence-corrected chi connectivity index (χ3v) is 6.58. The summed E-state index contributed by atoms with van der Waals surface area (Å²) in [5.74, 6) is -1.16. The van der Waals surface area contributed by atoms with E-state index >= 15 is 0 Å². The number of sulfonamides is 1. The fraction of sp³-hybridized carbons (Fsp3) is 0.500. The van der Waals surface area contributed by atoms with E-state index in [1.807, 2.05) is 6.92 Å². The molecule has 1 atom stereocenters. The van der Waals surface area contributed by atoms with E-state index in [2.05, 4.69) is 36.6 Å². The highest BCUT2D eigenvalue weighted by atomic mass is 79.9. The first kappa shape index (κ1) is 17.1. The molecule has 0 saturated heterocycles. The highest BCUT2D eigenvalue weighted by Gasteiger charge is 2.27. The lowest BCUT2D eigenvalue weighted by Gasteiger charge is -2.13. The van der Waals surface area contributed by atoms with Gasteiger partial charge in [0.25, 0.3) is 0 Å². The van der Waals surface area contributed by atoms with Gasteiger partial charge >= 0.3 is 5.97 Å². The van der Waals surface area contributed by atoms with Gasteiger partial charge in [-0.2, -0.15) is 4.72 Å².